The van der Waals surface area contributed by atoms with Crippen LogP contribution < -0.4 is 11.1 Å². The summed E-state index contributed by atoms with van der Waals surface area (Å²) in [5.41, 5.74) is 6.00. The number of hydrogen-bond donors (Lipinski definition) is 5. The highest BCUT2D eigenvalue weighted by Gasteiger charge is 2.20. The highest BCUT2D eigenvalue weighted by atomic mass is 32.2. The predicted molar refractivity (Wildman–Crippen MR) is 88.5 cm³/mol. The maximum Gasteiger partial charge on any atom is 0.320 e. The highest BCUT2D eigenvalue weighted by Crippen LogP contribution is 2.29. The molecule has 0 saturated carbocycles. The van der Waals surface area contributed by atoms with Gasteiger partial charge in [-0.2, -0.15) is 8.42 Å². The van der Waals surface area contributed by atoms with Gasteiger partial charge in [0.15, 0.2) is 0 Å². The van der Waals surface area contributed by atoms with Crippen LogP contribution in [-0.2, 0) is 14.9 Å². The van der Waals surface area contributed by atoms with E-state index in [0.717, 1.165) is 25.5 Å². The molecule has 24 heavy (non-hydrogen) atoms. The first-order chi connectivity index (χ1) is 11.2. The number of aliphatic carboxylic acids is 1. The molecule has 8 nitrogen and oxygen atoms in total. The van der Waals surface area contributed by atoms with Gasteiger partial charge in [0.25, 0.3) is 10.1 Å². The fourth-order valence-corrected chi connectivity index (χ4v) is 2.91. The normalized spacial score (nSPS) is 17.3. The molecule has 130 valence electrons. The molecule has 0 aromatic heterocycles. The van der Waals surface area contributed by atoms with E-state index in [1.807, 2.05) is 0 Å². The third-order valence-electron chi connectivity index (χ3n) is 3.59. The lowest BCUT2D eigenvalue weighted by molar-refractivity contribution is -0.139. The average molecular weight is 354 g/mol. The van der Waals surface area contributed by atoms with Crippen molar-refractivity contribution < 1.29 is 28.0 Å². The largest absolute Gasteiger partial charge is 0.507 e. The average Bonchev–Trinajstić information content (AvgIpc) is 3.02. The minimum Gasteiger partial charge on any atom is -0.507 e. The number of nitrogens with one attached hydrogen (secondary N) is 1. The number of hydrogen-bond acceptors (Lipinski definition) is 6. The molecule has 6 N–H and O–H groups in total. The molecule has 1 atom stereocenters. The van der Waals surface area contributed by atoms with Gasteiger partial charge in [0, 0.05) is 17.1 Å². The van der Waals surface area contributed by atoms with Crippen LogP contribution in [0.5, 0.6) is 5.75 Å². The predicted octanol–water partition coefficient (Wildman–Crippen LogP) is 1.20. The van der Waals surface area contributed by atoms with Gasteiger partial charge >= 0.3 is 5.97 Å². The number of nitrogens with two attached hydrogens (primary N) is 1. The number of carboxylic acids is 1. The van der Waals surface area contributed by atoms with Crippen molar-refractivity contribution in [2.24, 2.45) is 0 Å². The molecule has 1 fully saturated rings. The Labute approximate surface area is 138 Å². The molecule has 0 aliphatic carbocycles. The van der Waals surface area contributed by atoms with Crippen molar-refractivity contribution in [1.29, 1.82) is 0 Å². The zero-order valence-corrected chi connectivity index (χ0v) is 13.5. The summed E-state index contributed by atoms with van der Waals surface area (Å²) in [5, 5.41) is 21.7. The summed E-state index contributed by atoms with van der Waals surface area (Å²) in [5.74, 6) is -0.958. The van der Waals surface area contributed by atoms with Gasteiger partial charge in [-0.05, 0) is 43.0 Å². The van der Waals surface area contributed by atoms with Gasteiger partial charge in [-0.3, -0.25) is 9.35 Å². The summed E-state index contributed by atoms with van der Waals surface area (Å²) in [6.07, 6.45) is 1.78. The Morgan fingerprint density at radius 2 is 1.96 bits per heavy atom. The van der Waals surface area contributed by atoms with E-state index in [1.54, 1.807) is 12.1 Å². The first-order valence-electron chi connectivity index (χ1n) is 7.14. The third-order valence-corrected chi connectivity index (χ3v) is 4.42. The second-order valence-electron chi connectivity index (χ2n) is 5.39. The van der Waals surface area contributed by atoms with Crippen LogP contribution in [0, 0.1) is 0 Å². The first-order valence-corrected chi connectivity index (χ1v) is 8.58. The Morgan fingerprint density at radius 3 is 2.46 bits per heavy atom. The van der Waals surface area contributed by atoms with Crippen molar-refractivity contribution >= 4 is 32.5 Å². The molecule has 1 heterocycles. The van der Waals surface area contributed by atoms with Crippen LogP contribution in [0.3, 0.4) is 0 Å². The summed E-state index contributed by atoms with van der Waals surface area (Å²) in [6, 6.07) is 6.66. The minimum absolute atomic E-state index is 0.238. The molecule has 2 aromatic carbocycles. The zero-order chi connectivity index (χ0) is 17.9. The molecule has 0 amide bonds. The number of carboxylic acid groups (broad SMARTS) is 1. The smallest absolute Gasteiger partial charge is 0.320 e. The molecule has 1 saturated heterocycles. The fraction of sp³-hybridized carbons (Fsp3) is 0.267. The topological polar surface area (TPSA) is 150 Å². The summed E-state index contributed by atoms with van der Waals surface area (Å²) < 4.78 is 30.7. The van der Waals surface area contributed by atoms with E-state index < -0.39 is 16.1 Å². The molecule has 0 bridgehead atoms. The van der Waals surface area contributed by atoms with E-state index in [-0.39, 0.29) is 16.7 Å². The minimum atomic E-state index is -4.32. The Morgan fingerprint density at radius 1 is 1.25 bits per heavy atom. The molecule has 1 aliphatic rings. The lowest BCUT2D eigenvalue weighted by Crippen LogP contribution is -2.29. The van der Waals surface area contributed by atoms with Crippen molar-refractivity contribution in [3.05, 3.63) is 30.3 Å². The van der Waals surface area contributed by atoms with E-state index in [1.165, 1.54) is 12.1 Å². The van der Waals surface area contributed by atoms with Crippen molar-refractivity contribution in [2.75, 3.05) is 12.3 Å². The second kappa shape index (κ2) is 7.04. The monoisotopic (exact) mass is 354 g/mol. The van der Waals surface area contributed by atoms with Gasteiger partial charge in [0.1, 0.15) is 11.8 Å². The molecule has 2 aromatic rings. The van der Waals surface area contributed by atoms with Crippen molar-refractivity contribution in [3.63, 3.8) is 0 Å². The number of benzene rings is 2. The Balaban J connectivity index is 0.000000219. The van der Waals surface area contributed by atoms with Crippen molar-refractivity contribution in [1.82, 2.24) is 5.32 Å². The van der Waals surface area contributed by atoms with E-state index in [2.05, 4.69) is 5.32 Å². The van der Waals surface area contributed by atoms with Gasteiger partial charge in [0.05, 0.1) is 4.90 Å². The summed E-state index contributed by atoms with van der Waals surface area (Å²) in [4.78, 5) is 9.79. The maximum absolute atomic E-state index is 10.9. The van der Waals surface area contributed by atoms with Crippen LogP contribution in [0.4, 0.5) is 5.69 Å². The molecule has 0 unspecified atom stereocenters. The number of carbonyl (C=O) groups is 1. The Bertz CT molecular complexity index is 860. The molecular weight excluding hydrogens is 336 g/mol. The van der Waals surface area contributed by atoms with Crippen LogP contribution in [0.1, 0.15) is 12.8 Å². The fourth-order valence-electron chi connectivity index (χ4n) is 2.37. The Kier molecular flexibility index (Phi) is 5.27. The van der Waals surface area contributed by atoms with Crippen LogP contribution in [-0.4, -0.2) is 41.7 Å². The van der Waals surface area contributed by atoms with E-state index in [0.29, 0.717) is 16.5 Å². The van der Waals surface area contributed by atoms with E-state index in [9.17, 15) is 18.3 Å². The van der Waals surface area contributed by atoms with Crippen molar-refractivity contribution in [3.8, 4) is 5.75 Å². The van der Waals surface area contributed by atoms with Crippen LogP contribution >= 0.6 is 0 Å². The highest BCUT2D eigenvalue weighted by molar-refractivity contribution is 7.85. The van der Waals surface area contributed by atoms with Gasteiger partial charge in [-0.1, -0.05) is 6.07 Å². The van der Waals surface area contributed by atoms with Crippen LogP contribution in [0.15, 0.2) is 35.2 Å². The zero-order valence-electron chi connectivity index (χ0n) is 12.6. The number of nitrogen functional groups attached to an aromatic ring is 1. The Hall–Kier alpha value is -2.36. The molecule has 0 radical (unpaired) electrons. The van der Waals surface area contributed by atoms with Crippen molar-refractivity contribution in [2.45, 2.75) is 23.8 Å². The van der Waals surface area contributed by atoms with E-state index in [4.69, 9.17) is 15.4 Å². The van der Waals surface area contributed by atoms with Crippen LogP contribution in [0.25, 0.3) is 10.8 Å². The first kappa shape index (κ1) is 18.0. The lowest BCUT2D eigenvalue weighted by atomic mass is 10.1. The molecule has 1 aliphatic heterocycles. The summed E-state index contributed by atoms with van der Waals surface area (Å²) >= 11 is 0. The standard InChI is InChI=1S/C10H9NO4S.C5H9NO2/c11-7-2-1-6-3-8(16(13,14)15)5-10(12)9(6)4-7;7-5(8)4-2-1-3-6-4/h1-5,12H,11H2,(H,13,14,15);4,6H,1-3H2,(H,7,8)/t;4-/m.0/s1. The molecule has 9 heteroatoms. The number of phenols is 1. The maximum atomic E-state index is 10.9. The summed E-state index contributed by atoms with van der Waals surface area (Å²) in [7, 11) is -4.32. The number of fused-ring (bicyclic) bond motifs is 1. The lowest BCUT2D eigenvalue weighted by Gasteiger charge is -2.04. The summed E-state index contributed by atoms with van der Waals surface area (Å²) in [6.45, 7) is 0.858. The van der Waals surface area contributed by atoms with Crippen LogP contribution in [0.2, 0.25) is 0 Å². The van der Waals surface area contributed by atoms with Gasteiger partial charge < -0.3 is 21.3 Å². The number of anilines is 1. The van der Waals surface area contributed by atoms with E-state index >= 15 is 0 Å². The van der Waals surface area contributed by atoms with Gasteiger partial charge in [0.2, 0.25) is 0 Å². The molecule has 0 spiro atoms. The number of phenolic OH excluding ortho intramolecular Hbond substituents is 1. The molecule has 3 rings (SSSR count). The second-order valence-corrected chi connectivity index (χ2v) is 6.81. The number of rotatable bonds is 2. The quantitative estimate of drug-likeness (QED) is 0.399. The van der Waals surface area contributed by atoms with Gasteiger partial charge in [-0.15, -0.1) is 0 Å². The van der Waals surface area contributed by atoms with Gasteiger partial charge in [-0.25, -0.2) is 0 Å². The SMILES string of the molecule is Nc1ccc2cc(S(=O)(=O)O)cc(O)c2c1.O=C(O)[C@@H]1CCCN1. The molecular formula is C15H18N2O6S. The number of aromatic hydroxyl groups is 1. The third kappa shape index (κ3) is 4.34.